The van der Waals surface area contributed by atoms with Crippen molar-refractivity contribution < 1.29 is 23.4 Å². The van der Waals surface area contributed by atoms with Gasteiger partial charge in [0.25, 0.3) is 0 Å². The Bertz CT molecular complexity index is 1520. The number of carboxylic acid groups (broad SMARTS) is 1. The number of nitrogens with one attached hydrogen (secondary N) is 1. The molecular formula is C30H26F2N2O3. The maximum absolute atomic E-state index is 15.6. The average Bonchev–Trinajstić information content (AvgIpc) is 3.22. The number of hydrogen-bond acceptors (Lipinski definition) is 3. The summed E-state index contributed by atoms with van der Waals surface area (Å²) in [5.41, 5.74) is 5.04. The van der Waals surface area contributed by atoms with E-state index in [1.807, 2.05) is 37.3 Å². The van der Waals surface area contributed by atoms with Gasteiger partial charge in [-0.1, -0.05) is 36.8 Å². The van der Waals surface area contributed by atoms with E-state index in [0.29, 0.717) is 28.8 Å². The zero-order chi connectivity index (χ0) is 25.9. The molecule has 188 valence electrons. The topological polar surface area (TPSA) is 75.2 Å². The van der Waals surface area contributed by atoms with Gasteiger partial charge in [0.1, 0.15) is 11.6 Å². The van der Waals surface area contributed by atoms with Crippen LogP contribution in [0.25, 0.3) is 28.1 Å². The molecule has 0 atom stereocenters. The van der Waals surface area contributed by atoms with Crippen LogP contribution < -0.4 is 4.74 Å². The molecule has 0 saturated heterocycles. The van der Waals surface area contributed by atoms with E-state index in [2.05, 4.69) is 10.2 Å². The van der Waals surface area contributed by atoms with Crippen LogP contribution in [0.1, 0.15) is 48.4 Å². The smallest absolute Gasteiger partial charge is 0.328 e. The lowest BCUT2D eigenvalue weighted by molar-refractivity contribution is -0.131. The summed E-state index contributed by atoms with van der Waals surface area (Å²) in [5.74, 6) is -1.39. The molecule has 3 aromatic carbocycles. The first kappa shape index (κ1) is 24.4. The Morgan fingerprint density at radius 3 is 2.49 bits per heavy atom. The van der Waals surface area contributed by atoms with Gasteiger partial charge in [-0.3, -0.25) is 5.10 Å². The number of carbonyl (C=O) groups is 1. The summed E-state index contributed by atoms with van der Waals surface area (Å²) in [4.78, 5) is 10.9. The Kier molecular flexibility index (Phi) is 6.86. The number of H-pyrrole nitrogens is 1. The minimum Gasteiger partial charge on any atom is -0.494 e. The van der Waals surface area contributed by atoms with Crippen LogP contribution in [0, 0.1) is 17.7 Å². The highest BCUT2D eigenvalue weighted by Gasteiger charge is 2.29. The van der Waals surface area contributed by atoms with Crippen LogP contribution in [0.5, 0.6) is 5.75 Å². The molecule has 1 aliphatic rings. The number of aromatic nitrogens is 2. The standard InChI is InChI=1S/C30H26F2N2O3/c1-2-37-22-12-13-23(25(31)17-22)29(19-4-3-5-19)28(20-9-6-18(7-10-20)8-15-27(35)36)21-11-14-26-24(16-21)30(32)34-33-26/h6-17,19H,2-5H2,1H3,(H,33,34)(H,35,36)/b15-8+,29-28+. The van der Waals surface area contributed by atoms with Crippen molar-refractivity contribution in [1.29, 1.82) is 0 Å². The predicted molar refractivity (Wildman–Crippen MR) is 140 cm³/mol. The van der Waals surface area contributed by atoms with E-state index in [9.17, 15) is 9.18 Å². The zero-order valence-corrected chi connectivity index (χ0v) is 20.3. The lowest BCUT2D eigenvalue weighted by atomic mass is 9.73. The van der Waals surface area contributed by atoms with Crippen molar-refractivity contribution >= 4 is 34.1 Å². The van der Waals surface area contributed by atoms with Crippen molar-refractivity contribution in [1.82, 2.24) is 10.2 Å². The van der Waals surface area contributed by atoms with Gasteiger partial charge < -0.3 is 9.84 Å². The molecule has 0 unspecified atom stereocenters. The third kappa shape index (κ3) is 5.03. The number of halogens is 2. The van der Waals surface area contributed by atoms with E-state index in [1.54, 1.807) is 24.3 Å². The number of ether oxygens (including phenoxy) is 1. The molecule has 7 heteroatoms. The Labute approximate surface area is 213 Å². The Balaban J connectivity index is 1.74. The highest BCUT2D eigenvalue weighted by molar-refractivity contribution is 6.01. The van der Waals surface area contributed by atoms with Gasteiger partial charge in [0.05, 0.1) is 17.5 Å². The van der Waals surface area contributed by atoms with Gasteiger partial charge in [0.15, 0.2) is 0 Å². The van der Waals surface area contributed by atoms with Gasteiger partial charge in [-0.25, -0.2) is 9.18 Å². The van der Waals surface area contributed by atoms with E-state index in [1.165, 1.54) is 12.1 Å². The van der Waals surface area contributed by atoms with Crippen LogP contribution in [-0.4, -0.2) is 27.9 Å². The maximum atomic E-state index is 15.6. The van der Waals surface area contributed by atoms with Crippen molar-refractivity contribution in [2.75, 3.05) is 6.61 Å². The summed E-state index contributed by atoms with van der Waals surface area (Å²) in [6.07, 6.45) is 5.49. The van der Waals surface area contributed by atoms with Gasteiger partial charge in [-0.05, 0) is 83.9 Å². The molecule has 0 amide bonds. The summed E-state index contributed by atoms with van der Waals surface area (Å²) >= 11 is 0. The molecule has 1 saturated carbocycles. The number of carboxylic acids is 1. The summed E-state index contributed by atoms with van der Waals surface area (Å²) < 4.78 is 35.5. The Morgan fingerprint density at radius 2 is 1.84 bits per heavy atom. The summed E-state index contributed by atoms with van der Waals surface area (Å²) in [5, 5.41) is 15.7. The number of allylic oxidation sites excluding steroid dienone is 1. The van der Waals surface area contributed by atoms with E-state index in [0.717, 1.165) is 53.2 Å². The minimum absolute atomic E-state index is 0.138. The monoisotopic (exact) mass is 500 g/mol. The number of benzene rings is 3. The third-order valence-electron chi connectivity index (χ3n) is 6.75. The molecule has 1 heterocycles. The molecule has 37 heavy (non-hydrogen) atoms. The van der Waals surface area contributed by atoms with Crippen LogP contribution in [0.2, 0.25) is 0 Å². The maximum Gasteiger partial charge on any atom is 0.328 e. The highest BCUT2D eigenvalue weighted by atomic mass is 19.1. The molecule has 2 N–H and O–H groups in total. The van der Waals surface area contributed by atoms with E-state index < -0.39 is 11.9 Å². The van der Waals surface area contributed by atoms with Gasteiger partial charge in [-0.15, -0.1) is 5.10 Å². The fourth-order valence-corrected chi connectivity index (χ4v) is 4.77. The number of rotatable bonds is 8. The van der Waals surface area contributed by atoms with Crippen molar-refractivity contribution in [3.8, 4) is 5.75 Å². The normalized spacial score (nSPS) is 14.6. The second-order valence-electron chi connectivity index (χ2n) is 9.06. The summed E-state index contributed by atoms with van der Waals surface area (Å²) in [6.45, 7) is 2.29. The van der Waals surface area contributed by atoms with E-state index in [4.69, 9.17) is 9.84 Å². The van der Waals surface area contributed by atoms with Crippen molar-refractivity contribution in [3.63, 3.8) is 0 Å². The first-order valence-electron chi connectivity index (χ1n) is 12.3. The van der Waals surface area contributed by atoms with Crippen molar-refractivity contribution in [2.45, 2.75) is 26.2 Å². The number of fused-ring (bicyclic) bond motifs is 1. The SMILES string of the molecule is CCOc1ccc(/C(=C(\c2ccc(/C=C/C(=O)O)cc2)c2ccc3[nH]nc(F)c3c2)C2CCC2)c(F)c1. The molecule has 5 nitrogen and oxygen atoms in total. The van der Waals surface area contributed by atoms with Crippen LogP contribution in [0.15, 0.2) is 66.7 Å². The van der Waals surface area contributed by atoms with Crippen LogP contribution >= 0.6 is 0 Å². The fourth-order valence-electron chi connectivity index (χ4n) is 4.77. The van der Waals surface area contributed by atoms with Crippen molar-refractivity contribution in [3.05, 3.63) is 101 Å². The zero-order valence-electron chi connectivity index (χ0n) is 20.3. The molecule has 0 radical (unpaired) electrons. The Hall–Kier alpha value is -4.26. The lowest BCUT2D eigenvalue weighted by Crippen LogP contribution is -2.16. The van der Waals surface area contributed by atoms with Crippen molar-refractivity contribution in [2.24, 2.45) is 5.92 Å². The molecule has 0 bridgehead atoms. The molecule has 0 spiro atoms. The van der Waals surface area contributed by atoms with Gasteiger partial charge in [-0.2, -0.15) is 4.39 Å². The quantitative estimate of drug-likeness (QED) is 0.200. The van der Waals surface area contributed by atoms with Crippen LogP contribution in [-0.2, 0) is 4.79 Å². The summed E-state index contributed by atoms with van der Waals surface area (Å²) in [6, 6.07) is 17.8. The van der Waals surface area contributed by atoms with Crippen LogP contribution in [0.3, 0.4) is 0 Å². The van der Waals surface area contributed by atoms with Gasteiger partial charge in [0.2, 0.25) is 5.95 Å². The summed E-state index contributed by atoms with van der Waals surface area (Å²) in [7, 11) is 0. The molecule has 0 aliphatic heterocycles. The lowest BCUT2D eigenvalue weighted by Gasteiger charge is -2.32. The predicted octanol–water partition coefficient (Wildman–Crippen LogP) is 7.10. The number of aliphatic carboxylic acids is 1. The largest absolute Gasteiger partial charge is 0.494 e. The van der Waals surface area contributed by atoms with E-state index >= 15 is 4.39 Å². The third-order valence-corrected chi connectivity index (χ3v) is 6.75. The number of nitrogens with zero attached hydrogens (tertiary/aromatic N) is 1. The number of hydrogen-bond donors (Lipinski definition) is 2. The molecule has 1 aromatic heterocycles. The second-order valence-corrected chi connectivity index (χ2v) is 9.06. The number of aromatic amines is 1. The van der Waals surface area contributed by atoms with Crippen LogP contribution in [0.4, 0.5) is 8.78 Å². The minimum atomic E-state index is -1.03. The average molecular weight is 501 g/mol. The highest BCUT2D eigenvalue weighted by Crippen LogP contribution is 2.46. The molecule has 5 rings (SSSR count). The van der Waals surface area contributed by atoms with Gasteiger partial charge in [0, 0.05) is 17.7 Å². The fraction of sp³-hybridized carbons (Fsp3) is 0.200. The molecule has 1 fully saturated rings. The Morgan fingerprint density at radius 1 is 1.08 bits per heavy atom. The first-order valence-corrected chi connectivity index (χ1v) is 12.3. The molecular weight excluding hydrogens is 474 g/mol. The first-order chi connectivity index (χ1) is 17.9. The van der Waals surface area contributed by atoms with E-state index in [-0.39, 0.29) is 11.7 Å². The molecule has 4 aromatic rings. The van der Waals surface area contributed by atoms with Gasteiger partial charge >= 0.3 is 5.97 Å². The second kappa shape index (κ2) is 10.4. The molecule has 1 aliphatic carbocycles.